The molecule has 1 N–H and O–H groups in total. The van der Waals surface area contributed by atoms with Gasteiger partial charge in [-0.2, -0.15) is 0 Å². The molecule has 6 heteroatoms. The number of rotatable bonds is 6. The number of hydrogen-bond acceptors (Lipinski definition) is 4. The zero-order chi connectivity index (χ0) is 30.0. The van der Waals surface area contributed by atoms with Gasteiger partial charge in [0.25, 0.3) is 5.91 Å². The van der Waals surface area contributed by atoms with Gasteiger partial charge in [0.2, 0.25) is 0 Å². The van der Waals surface area contributed by atoms with Crippen molar-refractivity contribution < 1.29 is 14.3 Å². The van der Waals surface area contributed by atoms with Crippen molar-refractivity contribution in [1.82, 2.24) is 4.98 Å². The first-order valence-corrected chi connectivity index (χ1v) is 14.8. The van der Waals surface area contributed by atoms with E-state index in [0.717, 1.165) is 34.2 Å². The van der Waals surface area contributed by atoms with Crippen molar-refractivity contribution in [3.63, 3.8) is 0 Å². The number of ether oxygens (including phenoxy) is 1. The minimum absolute atomic E-state index is 0.00536. The van der Waals surface area contributed by atoms with Crippen LogP contribution in [0.25, 0.3) is 22.6 Å². The number of esters is 1. The summed E-state index contributed by atoms with van der Waals surface area (Å²) < 4.78 is 5.67. The highest BCUT2D eigenvalue weighted by Gasteiger charge is 2.35. The van der Waals surface area contributed by atoms with Gasteiger partial charge in [-0.05, 0) is 88.8 Å². The molecule has 0 radical (unpaired) electrons. The van der Waals surface area contributed by atoms with Crippen molar-refractivity contribution in [3.05, 3.63) is 106 Å². The Kier molecular flexibility index (Phi) is 8.51. The van der Waals surface area contributed by atoms with E-state index in [9.17, 15) is 9.59 Å². The number of carbonyl (C=O) groups excluding carboxylic acids is 2. The lowest BCUT2D eigenvalue weighted by molar-refractivity contribution is -0.119. The molecule has 0 saturated carbocycles. The second-order valence-corrected chi connectivity index (χ2v) is 12.9. The van der Waals surface area contributed by atoms with Crippen molar-refractivity contribution in [3.8, 4) is 0 Å². The molecule has 1 aliphatic rings. The van der Waals surface area contributed by atoms with Gasteiger partial charge in [-0.1, -0.05) is 88.7 Å². The van der Waals surface area contributed by atoms with Crippen molar-refractivity contribution in [2.24, 2.45) is 11.3 Å². The van der Waals surface area contributed by atoms with Crippen LogP contribution in [0.15, 0.2) is 72.8 Å². The van der Waals surface area contributed by atoms with Crippen molar-refractivity contribution in [2.75, 3.05) is 11.9 Å². The van der Waals surface area contributed by atoms with Crippen LogP contribution in [0.2, 0.25) is 5.02 Å². The summed E-state index contributed by atoms with van der Waals surface area (Å²) in [5.41, 5.74) is 6.82. The molecule has 3 aromatic carbocycles. The van der Waals surface area contributed by atoms with Crippen LogP contribution in [-0.4, -0.2) is 23.5 Å². The predicted octanol–water partition coefficient (Wildman–Crippen LogP) is 8.96. The maximum atomic E-state index is 13.8. The van der Waals surface area contributed by atoms with Crippen LogP contribution in [0, 0.1) is 11.3 Å². The normalized spacial score (nSPS) is 16.0. The highest BCUT2D eigenvalue weighted by molar-refractivity contribution is 6.30. The molecular formula is C36H37ClN2O3. The Morgan fingerprint density at radius 3 is 2.36 bits per heavy atom. The SMILES string of the molecule is CC(C)c1ccc(NC(=O)COC(=O)c2c3c(nc4ccccc24)/C(=C\c2ccc(Cl)cc2)C[C@H](C(C)(C)C)C3)cc1. The van der Waals surface area contributed by atoms with Gasteiger partial charge in [0.1, 0.15) is 0 Å². The van der Waals surface area contributed by atoms with Gasteiger partial charge in [-0.25, -0.2) is 9.78 Å². The minimum atomic E-state index is -0.518. The number of pyridine rings is 1. The number of carbonyl (C=O) groups is 2. The summed E-state index contributed by atoms with van der Waals surface area (Å²) in [6, 6.07) is 23.1. The monoisotopic (exact) mass is 580 g/mol. The molecule has 5 rings (SSSR count). The fourth-order valence-corrected chi connectivity index (χ4v) is 5.61. The third-order valence-corrected chi connectivity index (χ3v) is 8.30. The maximum Gasteiger partial charge on any atom is 0.339 e. The first-order chi connectivity index (χ1) is 20.0. The fraction of sp³-hybridized carbons (Fsp3) is 0.306. The standard InChI is InChI=1S/C36H37ClN2O3/c1-22(2)24-12-16-28(17-13-24)38-32(40)21-42-35(41)33-29-8-6-7-9-31(29)39-34-25(18-23-10-14-27(37)15-11-23)19-26(20-30(33)34)36(3,4)5/h6-18,22,26H,19-21H2,1-5H3,(H,38,40)/b25-18-/t26-/m0/s1. The Bertz CT molecular complexity index is 1650. The molecule has 0 unspecified atom stereocenters. The van der Waals surface area contributed by atoms with Crippen molar-refractivity contribution in [1.29, 1.82) is 0 Å². The Morgan fingerprint density at radius 2 is 1.69 bits per heavy atom. The molecule has 4 aromatic rings. The number of halogens is 1. The fourth-order valence-electron chi connectivity index (χ4n) is 5.48. The van der Waals surface area contributed by atoms with E-state index in [4.69, 9.17) is 21.3 Å². The Labute approximate surface area is 253 Å². The average Bonchev–Trinajstić information content (AvgIpc) is 2.95. The smallest absolute Gasteiger partial charge is 0.339 e. The molecule has 1 heterocycles. The number of fused-ring (bicyclic) bond motifs is 2. The molecule has 5 nitrogen and oxygen atoms in total. The Hall–Kier alpha value is -3.96. The number of anilines is 1. The Balaban J connectivity index is 1.49. The van der Waals surface area contributed by atoms with Crippen LogP contribution >= 0.6 is 11.6 Å². The van der Waals surface area contributed by atoms with Gasteiger partial charge in [0, 0.05) is 16.1 Å². The van der Waals surface area contributed by atoms with Gasteiger partial charge in [0.05, 0.1) is 16.8 Å². The average molecular weight is 581 g/mol. The number of nitrogens with zero attached hydrogens (tertiary/aromatic N) is 1. The van der Waals surface area contributed by atoms with E-state index in [1.807, 2.05) is 72.8 Å². The summed E-state index contributed by atoms with van der Waals surface area (Å²) in [6.07, 6.45) is 3.66. The number of amides is 1. The van der Waals surface area contributed by atoms with Crippen LogP contribution in [0.1, 0.15) is 79.7 Å². The molecule has 0 spiro atoms. The predicted molar refractivity (Wildman–Crippen MR) is 172 cm³/mol. The quantitative estimate of drug-likeness (QED) is 0.231. The van der Waals surface area contributed by atoms with E-state index >= 15 is 0 Å². The van der Waals surface area contributed by atoms with Gasteiger partial charge in [0.15, 0.2) is 6.61 Å². The summed E-state index contributed by atoms with van der Waals surface area (Å²) in [4.78, 5) is 31.6. The molecule has 1 aromatic heterocycles. The van der Waals surface area contributed by atoms with Crippen LogP contribution in [-0.2, 0) is 16.0 Å². The van der Waals surface area contributed by atoms with E-state index in [1.54, 1.807) is 0 Å². The lowest BCUT2D eigenvalue weighted by atomic mass is 9.69. The van der Waals surface area contributed by atoms with Gasteiger partial charge < -0.3 is 10.1 Å². The number of nitrogens with one attached hydrogen (secondary N) is 1. The summed E-state index contributed by atoms with van der Waals surface area (Å²) >= 11 is 6.14. The third-order valence-electron chi connectivity index (χ3n) is 8.05. The number of para-hydroxylation sites is 1. The lowest BCUT2D eigenvalue weighted by Gasteiger charge is -2.36. The molecular weight excluding hydrogens is 544 g/mol. The first-order valence-electron chi connectivity index (χ1n) is 14.4. The summed E-state index contributed by atoms with van der Waals surface area (Å²) in [5, 5.41) is 4.24. The largest absolute Gasteiger partial charge is 0.452 e. The second-order valence-electron chi connectivity index (χ2n) is 12.4. The Morgan fingerprint density at radius 1 is 1.00 bits per heavy atom. The van der Waals surface area contributed by atoms with Crippen LogP contribution in [0.5, 0.6) is 0 Å². The van der Waals surface area contributed by atoms with E-state index in [0.29, 0.717) is 34.1 Å². The molecule has 0 fully saturated rings. The molecule has 0 bridgehead atoms. The number of hydrogen-bond donors (Lipinski definition) is 1. The lowest BCUT2D eigenvalue weighted by Crippen LogP contribution is -2.29. The van der Waals surface area contributed by atoms with E-state index in [2.05, 4.69) is 46.0 Å². The zero-order valence-electron chi connectivity index (χ0n) is 24.8. The van der Waals surface area contributed by atoms with E-state index in [1.165, 1.54) is 5.56 Å². The number of aromatic nitrogens is 1. The molecule has 0 saturated heterocycles. The maximum absolute atomic E-state index is 13.8. The summed E-state index contributed by atoms with van der Waals surface area (Å²) in [5.74, 6) is -0.231. The molecule has 42 heavy (non-hydrogen) atoms. The molecule has 1 atom stereocenters. The van der Waals surface area contributed by atoms with Gasteiger partial charge in [-0.3, -0.25) is 4.79 Å². The highest BCUT2D eigenvalue weighted by atomic mass is 35.5. The van der Waals surface area contributed by atoms with Gasteiger partial charge >= 0.3 is 5.97 Å². The summed E-state index contributed by atoms with van der Waals surface area (Å²) in [7, 11) is 0. The van der Waals surface area contributed by atoms with Crippen LogP contribution < -0.4 is 5.32 Å². The zero-order valence-corrected chi connectivity index (χ0v) is 25.6. The first kappa shape index (κ1) is 29.5. The molecule has 1 amide bonds. The van der Waals surface area contributed by atoms with Crippen LogP contribution in [0.3, 0.4) is 0 Å². The second kappa shape index (κ2) is 12.1. The number of benzene rings is 3. The minimum Gasteiger partial charge on any atom is -0.452 e. The molecule has 0 aliphatic heterocycles. The highest BCUT2D eigenvalue weighted by Crippen LogP contribution is 2.45. The van der Waals surface area contributed by atoms with Crippen LogP contribution in [0.4, 0.5) is 5.69 Å². The summed E-state index contributed by atoms with van der Waals surface area (Å²) in [6.45, 7) is 10.5. The van der Waals surface area contributed by atoms with Crippen molar-refractivity contribution in [2.45, 2.75) is 53.4 Å². The van der Waals surface area contributed by atoms with E-state index in [-0.39, 0.29) is 23.8 Å². The number of allylic oxidation sites excluding steroid dienone is 1. The third kappa shape index (κ3) is 6.57. The van der Waals surface area contributed by atoms with Crippen molar-refractivity contribution >= 4 is 51.7 Å². The van der Waals surface area contributed by atoms with Gasteiger partial charge in [-0.15, -0.1) is 0 Å². The van der Waals surface area contributed by atoms with E-state index < -0.39 is 5.97 Å². The molecule has 1 aliphatic carbocycles. The topological polar surface area (TPSA) is 68.3 Å². The molecule has 216 valence electrons.